The molecule has 0 saturated heterocycles. The molecule has 0 spiro atoms. The van der Waals surface area contributed by atoms with E-state index in [2.05, 4.69) is 74.9 Å². The predicted molar refractivity (Wildman–Crippen MR) is 163 cm³/mol. The van der Waals surface area contributed by atoms with E-state index in [9.17, 15) is 0 Å². The fourth-order valence-corrected chi connectivity index (χ4v) is 6.46. The van der Waals surface area contributed by atoms with E-state index < -0.39 is 0 Å². The van der Waals surface area contributed by atoms with Gasteiger partial charge in [0, 0.05) is 13.2 Å². The minimum Gasteiger partial charge on any atom is -0.353 e. The second-order valence-corrected chi connectivity index (χ2v) is 12.0. The number of halogens is 1. The average molecular weight is 603 g/mol. The summed E-state index contributed by atoms with van der Waals surface area (Å²) in [4.78, 5) is 0. The van der Waals surface area contributed by atoms with Gasteiger partial charge in [0.15, 0.2) is 6.29 Å². The summed E-state index contributed by atoms with van der Waals surface area (Å²) < 4.78 is 12.1. The van der Waals surface area contributed by atoms with Crippen molar-refractivity contribution in [3.63, 3.8) is 0 Å². The third-order valence-corrected chi connectivity index (χ3v) is 9.29. The molecule has 0 aliphatic heterocycles. The van der Waals surface area contributed by atoms with Crippen molar-refractivity contribution in [3.8, 4) is 0 Å². The first-order valence-corrected chi connectivity index (χ1v) is 18.0. The van der Waals surface area contributed by atoms with Crippen molar-refractivity contribution in [2.24, 2.45) is 0 Å². The summed E-state index contributed by atoms with van der Waals surface area (Å²) in [5, 5.41) is 1.54. The van der Waals surface area contributed by atoms with Crippen LogP contribution >= 0.6 is 28.3 Å². The highest BCUT2D eigenvalue weighted by Gasteiger charge is 2.10. The molecule has 1 aromatic carbocycles. The Labute approximate surface area is 226 Å². The molecule has 0 aliphatic carbocycles. The van der Waals surface area contributed by atoms with Gasteiger partial charge in [-0.25, -0.2) is 0 Å². The fourth-order valence-electron chi connectivity index (χ4n) is 4.22. The minimum absolute atomic E-state index is 0.00590. The first-order valence-electron chi connectivity index (χ1n) is 13.9. The maximum absolute atomic E-state index is 6.03. The van der Waals surface area contributed by atoms with Gasteiger partial charge in [-0.2, -0.15) is 0 Å². The monoisotopic (exact) mass is 602 g/mol. The van der Waals surface area contributed by atoms with Crippen LogP contribution in [0, 0.1) is 20.8 Å². The maximum atomic E-state index is 6.03. The second kappa shape index (κ2) is 21.2. The summed E-state index contributed by atoms with van der Waals surface area (Å²) in [5.74, 6) is 0. The Morgan fingerprint density at radius 2 is 1.38 bits per heavy atom. The van der Waals surface area contributed by atoms with Gasteiger partial charge in [-0.15, -0.1) is 0 Å². The van der Waals surface area contributed by atoms with Gasteiger partial charge in [-0.3, -0.25) is 0 Å². The van der Waals surface area contributed by atoms with Crippen LogP contribution in [0.4, 0.5) is 0 Å². The molecule has 0 radical (unpaired) electrons. The highest BCUT2D eigenvalue weighted by Crippen LogP contribution is 2.27. The molecule has 0 bridgehead atoms. The van der Waals surface area contributed by atoms with Crippen LogP contribution in [0.25, 0.3) is 0 Å². The van der Waals surface area contributed by atoms with Gasteiger partial charge in [-0.05, 0) is 112 Å². The Balaban J connectivity index is 2.20. The normalized spacial score (nSPS) is 12.2. The van der Waals surface area contributed by atoms with Crippen LogP contribution in [0.3, 0.4) is 0 Å². The summed E-state index contributed by atoms with van der Waals surface area (Å²) in [7, 11) is 0. The molecule has 0 aromatic heterocycles. The van der Waals surface area contributed by atoms with Crippen LogP contribution in [0.15, 0.2) is 18.2 Å². The summed E-state index contributed by atoms with van der Waals surface area (Å²) in [6.45, 7) is 13.0. The van der Waals surface area contributed by atoms with Gasteiger partial charge in [0.1, 0.15) is 0 Å². The molecular weight excluding hydrogens is 550 g/mol. The van der Waals surface area contributed by atoms with Crippen molar-refractivity contribution in [2.75, 3.05) is 13.2 Å². The molecule has 2 nitrogen and oxygen atoms in total. The SMILES string of the molecule is CCCCCOC(CCCCC/C=C\CCCc1cc(PI)c(C)c(C)c1C)OCCCCC. The summed E-state index contributed by atoms with van der Waals surface area (Å²) in [6, 6.07) is 2.46. The van der Waals surface area contributed by atoms with Crippen LogP contribution in [-0.4, -0.2) is 19.5 Å². The van der Waals surface area contributed by atoms with E-state index >= 15 is 0 Å². The molecule has 0 fully saturated rings. The number of hydrogen-bond acceptors (Lipinski definition) is 2. The van der Waals surface area contributed by atoms with E-state index in [0.717, 1.165) is 38.7 Å². The van der Waals surface area contributed by atoms with Crippen LogP contribution in [0.1, 0.15) is 120 Å². The lowest BCUT2D eigenvalue weighted by atomic mass is 9.95. The number of aryl methyl sites for hydroxylation is 1. The first kappa shape index (κ1) is 32.1. The van der Waals surface area contributed by atoms with Gasteiger partial charge >= 0.3 is 0 Å². The largest absolute Gasteiger partial charge is 0.353 e. The molecule has 1 unspecified atom stereocenters. The number of rotatable bonds is 21. The van der Waals surface area contributed by atoms with Crippen molar-refractivity contribution >= 4 is 33.6 Å². The summed E-state index contributed by atoms with van der Waals surface area (Å²) in [6.07, 6.45) is 22.5. The van der Waals surface area contributed by atoms with Crippen molar-refractivity contribution in [3.05, 3.63) is 40.5 Å². The van der Waals surface area contributed by atoms with Crippen LogP contribution in [0.2, 0.25) is 0 Å². The van der Waals surface area contributed by atoms with E-state index in [-0.39, 0.29) is 6.29 Å². The predicted octanol–water partition coefficient (Wildman–Crippen LogP) is 9.83. The zero-order chi connectivity index (χ0) is 25.0. The van der Waals surface area contributed by atoms with E-state index in [1.54, 1.807) is 5.56 Å². The quantitative estimate of drug-likeness (QED) is 0.0459. The van der Waals surface area contributed by atoms with Crippen molar-refractivity contribution in [1.82, 2.24) is 0 Å². The van der Waals surface area contributed by atoms with Crippen molar-refractivity contribution in [2.45, 2.75) is 131 Å². The lowest BCUT2D eigenvalue weighted by molar-refractivity contribution is -0.148. The topological polar surface area (TPSA) is 18.5 Å². The Morgan fingerprint density at radius 3 is 1.97 bits per heavy atom. The Kier molecular flexibility index (Phi) is 20.0. The van der Waals surface area contributed by atoms with Gasteiger partial charge in [-0.1, -0.05) is 86.2 Å². The van der Waals surface area contributed by atoms with Gasteiger partial charge < -0.3 is 9.47 Å². The fraction of sp³-hybridized carbons (Fsp3) is 0.733. The summed E-state index contributed by atoms with van der Waals surface area (Å²) in [5.41, 5.74) is 6.04. The van der Waals surface area contributed by atoms with Crippen LogP contribution in [0.5, 0.6) is 0 Å². The highest BCUT2D eigenvalue weighted by atomic mass is 127. The molecule has 196 valence electrons. The highest BCUT2D eigenvalue weighted by molar-refractivity contribution is 14.2. The lowest BCUT2D eigenvalue weighted by Gasteiger charge is -2.18. The summed E-state index contributed by atoms with van der Waals surface area (Å²) >= 11 is 2.52. The average Bonchev–Trinajstić information content (AvgIpc) is 2.84. The number of allylic oxidation sites excluding steroid dienone is 2. The van der Waals surface area contributed by atoms with E-state index in [1.807, 2.05) is 0 Å². The third-order valence-electron chi connectivity index (χ3n) is 6.83. The molecule has 1 atom stereocenters. The smallest absolute Gasteiger partial charge is 0.157 e. The number of benzene rings is 1. The zero-order valence-corrected chi connectivity index (χ0v) is 26.0. The molecule has 0 N–H and O–H groups in total. The first-order chi connectivity index (χ1) is 16.5. The van der Waals surface area contributed by atoms with Crippen LogP contribution in [-0.2, 0) is 15.9 Å². The molecule has 1 aromatic rings. The molecule has 0 aliphatic rings. The van der Waals surface area contributed by atoms with Crippen LogP contribution < -0.4 is 5.30 Å². The number of ether oxygens (including phenoxy) is 2. The molecular formula is C30H52IO2P. The molecule has 0 heterocycles. The maximum Gasteiger partial charge on any atom is 0.157 e. The van der Waals surface area contributed by atoms with E-state index in [4.69, 9.17) is 9.47 Å². The lowest BCUT2D eigenvalue weighted by Crippen LogP contribution is -2.19. The zero-order valence-electron chi connectivity index (χ0n) is 22.8. The molecule has 1 rings (SSSR count). The second-order valence-electron chi connectivity index (χ2n) is 9.64. The number of hydrogen-bond donors (Lipinski definition) is 0. The number of unbranched alkanes of at least 4 members (excludes halogenated alkanes) is 8. The van der Waals surface area contributed by atoms with Crippen molar-refractivity contribution in [1.29, 1.82) is 0 Å². The van der Waals surface area contributed by atoms with Gasteiger partial charge in [0.2, 0.25) is 0 Å². The van der Waals surface area contributed by atoms with Gasteiger partial charge in [0.05, 0.1) is 0 Å². The molecule has 0 amide bonds. The Bertz CT molecular complexity index is 662. The molecule has 34 heavy (non-hydrogen) atoms. The van der Waals surface area contributed by atoms with Gasteiger partial charge in [0.25, 0.3) is 0 Å². The minimum atomic E-state index is 0.00590. The van der Waals surface area contributed by atoms with E-state index in [0.29, 0.717) is 0 Å². The third kappa shape index (κ3) is 14.0. The Hall–Kier alpha value is 0.0400. The van der Waals surface area contributed by atoms with E-state index in [1.165, 1.54) is 92.6 Å². The van der Waals surface area contributed by atoms with Crippen molar-refractivity contribution < 1.29 is 9.47 Å². The molecule has 0 saturated carbocycles. The Morgan fingerprint density at radius 1 is 0.765 bits per heavy atom. The standard InChI is InChI=1S/C30H52IO2P/c1-6-8-18-22-32-30(33-23-19-9-7-2)21-17-15-13-11-10-12-14-16-20-28-24-29(34-31)27(5)25(3)26(28)4/h10,12,24,30,34H,6-9,11,13-23H2,1-5H3/b12-10-. The molecule has 4 heteroatoms.